The van der Waals surface area contributed by atoms with Crippen LogP contribution in [0.2, 0.25) is 0 Å². The lowest BCUT2D eigenvalue weighted by molar-refractivity contribution is 0.0686. The Morgan fingerprint density at radius 3 is 2.76 bits per heavy atom. The standard InChI is InChI=1S/C14H8F2N2O3/c15-8-4-3-5-9(11(8)16)21-13-12(14(19)20)18-7-2-1-6-10(18)17-13/h1-7H,(H,19,20). The monoisotopic (exact) mass is 290 g/mol. The zero-order valence-electron chi connectivity index (χ0n) is 10.5. The van der Waals surface area contributed by atoms with Crippen LogP contribution in [0.4, 0.5) is 8.78 Å². The van der Waals surface area contributed by atoms with E-state index in [1.165, 1.54) is 22.7 Å². The largest absolute Gasteiger partial charge is 0.476 e. The quantitative estimate of drug-likeness (QED) is 0.805. The molecule has 0 aliphatic carbocycles. The van der Waals surface area contributed by atoms with E-state index in [2.05, 4.69) is 4.98 Å². The second-order valence-corrected chi connectivity index (χ2v) is 4.15. The number of halogens is 2. The molecule has 0 spiro atoms. The van der Waals surface area contributed by atoms with Crippen LogP contribution in [0.25, 0.3) is 5.65 Å². The summed E-state index contributed by atoms with van der Waals surface area (Å²) in [6.45, 7) is 0. The Balaban J connectivity index is 2.14. The summed E-state index contributed by atoms with van der Waals surface area (Å²) < 4.78 is 33.2. The predicted octanol–water partition coefficient (Wildman–Crippen LogP) is 3.10. The van der Waals surface area contributed by atoms with Crippen LogP contribution < -0.4 is 4.74 Å². The molecular weight excluding hydrogens is 282 g/mol. The van der Waals surface area contributed by atoms with E-state index < -0.39 is 23.4 Å². The fourth-order valence-corrected chi connectivity index (χ4v) is 1.91. The molecule has 21 heavy (non-hydrogen) atoms. The summed E-state index contributed by atoms with van der Waals surface area (Å²) in [5, 5.41) is 9.25. The number of aromatic carboxylic acids is 1. The Morgan fingerprint density at radius 2 is 2.00 bits per heavy atom. The maximum Gasteiger partial charge on any atom is 0.358 e. The molecule has 0 aliphatic rings. The van der Waals surface area contributed by atoms with Gasteiger partial charge in [-0.15, -0.1) is 0 Å². The number of ether oxygens (including phenoxy) is 1. The number of pyridine rings is 1. The van der Waals surface area contributed by atoms with Crippen molar-refractivity contribution in [2.75, 3.05) is 0 Å². The van der Waals surface area contributed by atoms with Crippen LogP contribution in [-0.4, -0.2) is 20.5 Å². The Morgan fingerprint density at radius 1 is 1.19 bits per heavy atom. The SMILES string of the molecule is O=C(O)c1c(Oc2cccc(F)c2F)nc2ccccn12. The molecule has 0 amide bonds. The summed E-state index contributed by atoms with van der Waals surface area (Å²) in [6.07, 6.45) is 1.49. The van der Waals surface area contributed by atoms with Gasteiger partial charge in [-0.2, -0.15) is 9.37 Å². The molecule has 5 nitrogen and oxygen atoms in total. The first kappa shape index (κ1) is 13.0. The molecule has 0 fully saturated rings. The average Bonchev–Trinajstić information content (AvgIpc) is 2.82. The lowest BCUT2D eigenvalue weighted by Crippen LogP contribution is -2.04. The number of carboxylic acid groups (broad SMARTS) is 1. The molecule has 2 heterocycles. The second-order valence-electron chi connectivity index (χ2n) is 4.15. The van der Waals surface area contributed by atoms with E-state index in [1.807, 2.05) is 0 Å². The highest BCUT2D eigenvalue weighted by Crippen LogP contribution is 2.28. The summed E-state index contributed by atoms with van der Waals surface area (Å²) in [4.78, 5) is 15.3. The van der Waals surface area contributed by atoms with Gasteiger partial charge < -0.3 is 9.84 Å². The van der Waals surface area contributed by atoms with Gasteiger partial charge in [0, 0.05) is 6.20 Å². The number of aromatic nitrogens is 2. The van der Waals surface area contributed by atoms with Crippen molar-refractivity contribution in [2.45, 2.75) is 0 Å². The van der Waals surface area contributed by atoms with Gasteiger partial charge in [0.2, 0.25) is 5.82 Å². The van der Waals surface area contributed by atoms with Crippen molar-refractivity contribution in [3.05, 3.63) is 59.9 Å². The Labute approximate surface area is 117 Å². The maximum atomic E-state index is 13.6. The zero-order valence-corrected chi connectivity index (χ0v) is 10.5. The van der Waals surface area contributed by atoms with Gasteiger partial charge in [0.25, 0.3) is 5.88 Å². The van der Waals surface area contributed by atoms with E-state index in [0.29, 0.717) is 5.65 Å². The first-order valence-electron chi connectivity index (χ1n) is 5.90. The third-order valence-electron chi connectivity index (χ3n) is 2.82. The Bertz CT molecular complexity index is 845. The van der Waals surface area contributed by atoms with E-state index in [1.54, 1.807) is 18.2 Å². The summed E-state index contributed by atoms with van der Waals surface area (Å²) in [6, 6.07) is 8.23. The zero-order chi connectivity index (χ0) is 15.0. The van der Waals surface area contributed by atoms with E-state index in [-0.39, 0.29) is 11.6 Å². The molecule has 0 saturated carbocycles. The van der Waals surface area contributed by atoms with E-state index >= 15 is 0 Å². The minimum absolute atomic E-state index is 0.269. The van der Waals surface area contributed by atoms with Crippen molar-refractivity contribution >= 4 is 11.6 Å². The fraction of sp³-hybridized carbons (Fsp3) is 0. The van der Waals surface area contributed by atoms with Gasteiger partial charge in [-0.05, 0) is 24.3 Å². The average molecular weight is 290 g/mol. The van der Waals surface area contributed by atoms with Crippen molar-refractivity contribution in [3.63, 3.8) is 0 Å². The van der Waals surface area contributed by atoms with Gasteiger partial charge in [-0.25, -0.2) is 9.18 Å². The summed E-state index contributed by atoms with van der Waals surface area (Å²) in [7, 11) is 0. The smallest absolute Gasteiger partial charge is 0.358 e. The predicted molar refractivity (Wildman–Crippen MR) is 68.6 cm³/mol. The summed E-state index contributed by atoms with van der Waals surface area (Å²) >= 11 is 0. The number of hydrogen-bond acceptors (Lipinski definition) is 3. The molecule has 1 aromatic carbocycles. The molecule has 2 aromatic heterocycles. The van der Waals surface area contributed by atoms with Crippen molar-refractivity contribution in [3.8, 4) is 11.6 Å². The lowest BCUT2D eigenvalue weighted by atomic mass is 10.3. The molecule has 0 bridgehead atoms. The number of fused-ring (bicyclic) bond motifs is 1. The summed E-state index contributed by atoms with van der Waals surface area (Å²) in [5.74, 6) is -4.32. The van der Waals surface area contributed by atoms with Gasteiger partial charge >= 0.3 is 5.97 Å². The normalized spacial score (nSPS) is 10.8. The van der Waals surface area contributed by atoms with Gasteiger partial charge in [0.05, 0.1) is 0 Å². The molecular formula is C14H8F2N2O3. The molecule has 106 valence electrons. The molecule has 3 aromatic rings. The number of carboxylic acids is 1. The third-order valence-corrected chi connectivity index (χ3v) is 2.82. The van der Waals surface area contributed by atoms with Gasteiger partial charge in [-0.3, -0.25) is 4.40 Å². The maximum absolute atomic E-state index is 13.6. The number of imidazole rings is 1. The molecule has 0 unspecified atom stereocenters. The van der Waals surface area contributed by atoms with Crippen LogP contribution in [0.3, 0.4) is 0 Å². The molecule has 0 aliphatic heterocycles. The third kappa shape index (κ3) is 2.18. The number of nitrogens with zero attached hydrogens (tertiary/aromatic N) is 2. The van der Waals surface area contributed by atoms with Crippen molar-refractivity contribution in [1.29, 1.82) is 0 Å². The van der Waals surface area contributed by atoms with Crippen LogP contribution in [0.15, 0.2) is 42.6 Å². The second kappa shape index (κ2) is 4.86. The van der Waals surface area contributed by atoms with Crippen LogP contribution in [0.5, 0.6) is 11.6 Å². The summed E-state index contributed by atoms with van der Waals surface area (Å²) in [5.41, 5.74) is 0.0518. The topological polar surface area (TPSA) is 63.8 Å². The molecule has 1 N–H and O–H groups in total. The van der Waals surface area contributed by atoms with Gasteiger partial charge in [-0.1, -0.05) is 12.1 Å². The molecule has 7 heteroatoms. The van der Waals surface area contributed by atoms with Gasteiger partial charge in [0.1, 0.15) is 5.65 Å². The van der Waals surface area contributed by atoms with E-state index in [9.17, 15) is 18.7 Å². The number of hydrogen-bond donors (Lipinski definition) is 1. The van der Waals surface area contributed by atoms with Gasteiger partial charge in [0.15, 0.2) is 17.3 Å². The fourth-order valence-electron chi connectivity index (χ4n) is 1.91. The number of benzene rings is 1. The Hall–Kier alpha value is -2.96. The van der Waals surface area contributed by atoms with E-state index in [0.717, 1.165) is 6.07 Å². The first-order valence-corrected chi connectivity index (χ1v) is 5.90. The number of carbonyl (C=O) groups is 1. The number of rotatable bonds is 3. The van der Waals surface area contributed by atoms with Crippen molar-refractivity contribution in [1.82, 2.24) is 9.38 Å². The van der Waals surface area contributed by atoms with Crippen molar-refractivity contribution in [2.24, 2.45) is 0 Å². The minimum Gasteiger partial charge on any atom is -0.476 e. The highest BCUT2D eigenvalue weighted by Gasteiger charge is 2.22. The van der Waals surface area contributed by atoms with Crippen LogP contribution >= 0.6 is 0 Å². The van der Waals surface area contributed by atoms with Crippen LogP contribution in [0, 0.1) is 11.6 Å². The molecule has 0 saturated heterocycles. The molecule has 0 radical (unpaired) electrons. The molecule has 3 rings (SSSR count). The minimum atomic E-state index is -1.29. The highest BCUT2D eigenvalue weighted by molar-refractivity contribution is 5.89. The van der Waals surface area contributed by atoms with E-state index in [4.69, 9.17) is 4.74 Å². The van der Waals surface area contributed by atoms with Crippen molar-refractivity contribution < 1.29 is 23.4 Å². The lowest BCUT2D eigenvalue weighted by Gasteiger charge is -2.05. The van der Waals surface area contributed by atoms with Crippen LogP contribution in [0.1, 0.15) is 10.5 Å². The first-order chi connectivity index (χ1) is 10.1. The molecule has 0 atom stereocenters. The Kier molecular flexibility index (Phi) is 3.02. The highest BCUT2D eigenvalue weighted by atomic mass is 19.2. The van der Waals surface area contributed by atoms with Crippen LogP contribution in [-0.2, 0) is 0 Å².